The van der Waals surface area contributed by atoms with E-state index in [1.54, 1.807) is 17.1 Å². The number of hydrogen-bond acceptors (Lipinski definition) is 7. The van der Waals surface area contributed by atoms with Gasteiger partial charge in [0.05, 0.1) is 17.4 Å². The molecule has 2 unspecified atom stereocenters. The van der Waals surface area contributed by atoms with Crippen molar-refractivity contribution >= 4 is 28.0 Å². The molecule has 2 atom stereocenters. The van der Waals surface area contributed by atoms with Crippen LogP contribution < -0.4 is 11.1 Å². The van der Waals surface area contributed by atoms with Crippen molar-refractivity contribution in [2.75, 3.05) is 5.32 Å². The fourth-order valence-electron chi connectivity index (χ4n) is 3.50. The SMILES string of the molecule is NC1CCC(Nc2ncc3nnn(-c4ccc5ncccc5c4)c3n2)C1. The van der Waals surface area contributed by atoms with Crippen molar-refractivity contribution in [3.05, 3.63) is 42.7 Å². The molecule has 0 radical (unpaired) electrons. The molecule has 1 aromatic carbocycles. The van der Waals surface area contributed by atoms with Crippen molar-refractivity contribution in [2.24, 2.45) is 5.73 Å². The minimum Gasteiger partial charge on any atom is -0.351 e. The smallest absolute Gasteiger partial charge is 0.225 e. The van der Waals surface area contributed by atoms with Gasteiger partial charge in [0.1, 0.15) is 0 Å². The van der Waals surface area contributed by atoms with Crippen LogP contribution >= 0.6 is 0 Å². The van der Waals surface area contributed by atoms with E-state index in [-0.39, 0.29) is 6.04 Å². The normalized spacial score (nSPS) is 20.0. The molecule has 130 valence electrons. The van der Waals surface area contributed by atoms with Gasteiger partial charge < -0.3 is 11.1 Å². The Kier molecular flexibility index (Phi) is 3.49. The number of anilines is 1. The molecule has 1 aliphatic carbocycles. The Morgan fingerprint density at radius 3 is 2.96 bits per heavy atom. The third-order valence-electron chi connectivity index (χ3n) is 4.83. The third kappa shape index (κ3) is 2.64. The molecule has 4 aromatic rings. The Labute approximate surface area is 149 Å². The highest BCUT2D eigenvalue weighted by Crippen LogP contribution is 2.22. The molecule has 1 saturated carbocycles. The maximum absolute atomic E-state index is 5.99. The average molecular weight is 346 g/mol. The molecule has 0 amide bonds. The van der Waals surface area contributed by atoms with Gasteiger partial charge in [0.25, 0.3) is 0 Å². The molecule has 3 aromatic heterocycles. The van der Waals surface area contributed by atoms with E-state index in [1.807, 2.05) is 30.3 Å². The molecule has 0 spiro atoms. The molecule has 3 heterocycles. The van der Waals surface area contributed by atoms with Crippen LogP contribution in [0, 0.1) is 0 Å². The third-order valence-corrected chi connectivity index (χ3v) is 4.83. The summed E-state index contributed by atoms with van der Waals surface area (Å²) in [6, 6.07) is 10.5. The zero-order chi connectivity index (χ0) is 17.5. The maximum Gasteiger partial charge on any atom is 0.225 e. The van der Waals surface area contributed by atoms with Gasteiger partial charge in [0, 0.05) is 23.7 Å². The van der Waals surface area contributed by atoms with Gasteiger partial charge in [-0.05, 0) is 43.5 Å². The fraction of sp³-hybridized carbons (Fsp3) is 0.278. The van der Waals surface area contributed by atoms with Gasteiger partial charge in [-0.1, -0.05) is 11.3 Å². The van der Waals surface area contributed by atoms with Crippen LogP contribution in [0.1, 0.15) is 19.3 Å². The molecule has 3 N–H and O–H groups in total. The van der Waals surface area contributed by atoms with E-state index in [1.165, 1.54) is 0 Å². The Morgan fingerprint density at radius 1 is 1.12 bits per heavy atom. The Balaban J connectivity index is 1.53. The van der Waals surface area contributed by atoms with E-state index in [2.05, 4.69) is 30.6 Å². The summed E-state index contributed by atoms with van der Waals surface area (Å²) < 4.78 is 1.73. The molecule has 26 heavy (non-hydrogen) atoms. The molecule has 1 aliphatic rings. The first-order valence-corrected chi connectivity index (χ1v) is 8.72. The molecular formula is C18H18N8. The van der Waals surface area contributed by atoms with E-state index in [0.717, 1.165) is 35.9 Å². The number of hydrogen-bond donors (Lipinski definition) is 2. The predicted octanol–water partition coefficient (Wildman–Crippen LogP) is 2.05. The first-order valence-electron chi connectivity index (χ1n) is 8.72. The van der Waals surface area contributed by atoms with Crippen LogP contribution in [-0.2, 0) is 0 Å². The largest absolute Gasteiger partial charge is 0.351 e. The van der Waals surface area contributed by atoms with Crippen LogP contribution in [-0.4, -0.2) is 42.0 Å². The molecule has 0 aliphatic heterocycles. The second-order valence-corrected chi connectivity index (χ2v) is 6.70. The zero-order valence-corrected chi connectivity index (χ0v) is 14.1. The van der Waals surface area contributed by atoms with Crippen molar-refractivity contribution in [1.82, 2.24) is 29.9 Å². The molecule has 5 rings (SSSR count). The summed E-state index contributed by atoms with van der Waals surface area (Å²) in [7, 11) is 0. The molecular weight excluding hydrogens is 328 g/mol. The van der Waals surface area contributed by atoms with Gasteiger partial charge in [-0.15, -0.1) is 5.10 Å². The number of aromatic nitrogens is 6. The molecule has 0 saturated heterocycles. The van der Waals surface area contributed by atoms with Crippen LogP contribution in [0.4, 0.5) is 5.95 Å². The van der Waals surface area contributed by atoms with E-state index in [4.69, 9.17) is 5.73 Å². The fourth-order valence-corrected chi connectivity index (χ4v) is 3.50. The zero-order valence-electron chi connectivity index (χ0n) is 14.1. The second-order valence-electron chi connectivity index (χ2n) is 6.70. The monoisotopic (exact) mass is 346 g/mol. The summed E-state index contributed by atoms with van der Waals surface area (Å²) in [6.45, 7) is 0. The molecule has 8 heteroatoms. The van der Waals surface area contributed by atoms with Crippen LogP contribution in [0.25, 0.3) is 27.8 Å². The first kappa shape index (κ1) is 15.2. The Morgan fingerprint density at radius 2 is 2.08 bits per heavy atom. The number of nitrogens with zero attached hydrogens (tertiary/aromatic N) is 6. The quantitative estimate of drug-likeness (QED) is 0.584. The number of nitrogens with two attached hydrogens (primary N) is 1. The van der Waals surface area contributed by atoms with E-state index >= 15 is 0 Å². The summed E-state index contributed by atoms with van der Waals surface area (Å²) in [6.07, 6.45) is 6.50. The number of pyridine rings is 1. The second kappa shape index (κ2) is 5.99. The van der Waals surface area contributed by atoms with Crippen LogP contribution in [0.3, 0.4) is 0 Å². The van der Waals surface area contributed by atoms with Gasteiger partial charge >= 0.3 is 0 Å². The van der Waals surface area contributed by atoms with Crippen molar-refractivity contribution in [2.45, 2.75) is 31.3 Å². The lowest BCUT2D eigenvalue weighted by molar-refractivity contribution is 0.685. The van der Waals surface area contributed by atoms with Crippen LogP contribution in [0.15, 0.2) is 42.7 Å². The van der Waals surface area contributed by atoms with E-state index in [0.29, 0.717) is 23.2 Å². The van der Waals surface area contributed by atoms with E-state index < -0.39 is 0 Å². The van der Waals surface area contributed by atoms with Crippen molar-refractivity contribution in [3.63, 3.8) is 0 Å². The maximum atomic E-state index is 5.99. The standard InChI is InChI=1S/C18H18N8/c19-12-3-4-13(9-12)22-18-21-10-16-17(23-18)26(25-24-16)14-5-6-15-11(8-14)2-1-7-20-15/h1-2,5-8,10,12-13H,3-4,9,19H2,(H,21,22,23). The average Bonchev–Trinajstić information content (AvgIpc) is 3.27. The molecule has 1 fully saturated rings. The van der Waals surface area contributed by atoms with E-state index in [9.17, 15) is 0 Å². The van der Waals surface area contributed by atoms with Crippen LogP contribution in [0.5, 0.6) is 0 Å². The lowest BCUT2D eigenvalue weighted by Crippen LogP contribution is -2.21. The van der Waals surface area contributed by atoms with Gasteiger partial charge in [0.15, 0.2) is 11.2 Å². The minimum atomic E-state index is 0.259. The van der Waals surface area contributed by atoms with Gasteiger partial charge in [0.2, 0.25) is 5.95 Å². The van der Waals surface area contributed by atoms with Gasteiger partial charge in [-0.2, -0.15) is 9.67 Å². The minimum absolute atomic E-state index is 0.259. The lowest BCUT2D eigenvalue weighted by atomic mass is 10.2. The molecule has 8 nitrogen and oxygen atoms in total. The van der Waals surface area contributed by atoms with Gasteiger partial charge in [-0.25, -0.2) is 4.98 Å². The first-order chi connectivity index (χ1) is 12.8. The lowest BCUT2D eigenvalue weighted by Gasteiger charge is -2.12. The Hall–Kier alpha value is -3.13. The van der Waals surface area contributed by atoms with Gasteiger partial charge in [-0.3, -0.25) is 4.98 Å². The highest BCUT2D eigenvalue weighted by Gasteiger charge is 2.22. The topological polar surface area (TPSA) is 107 Å². The van der Waals surface area contributed by atoms with Crippen LogP contribution in [0.2, 0.25) is 0 Å². The predicted molar refractivity (Wildman–Crippen MR) is 99.0 cm³/mol. The Bertz CT molecular complexity index is 1090. The number of fused-ring (bicyclic) bond motifs is 2. The molecule has 0 bridgehead atoms. The summed E-state index contributed by atoms with van der Waals surface area (Å²) in [5, 5.41) is 12.9. The highest BCUT2D eigenvalue weighted by atomic mass is 15.4. The van der Waals surface area contributed by atoms with Crippen molar-refractivity contribution < 1.29 is 0 Å². The number of nitrogens with one attached hydrogen (secondary N) is 1. The summed E-state index contributed by atoms with van der Waals surface area (Å²) in [5.41, 5.74) is 9.15. The van der Waals surface area contributed by atoms with Crippen molar-refractivity contribution in [3.8, 4) is 5.69 Å². The summed E-state index contributed by atoms with van der Waals surface area (Å²) in [4.78, 5) is 13.4. The van der Waals surface area contributed by atoms with Crippen molar-refractivity contribution in [1.29, 1.82) is 0 Å². The number of benzene rings is 1. The number of rotatable bonds is 3. The summed E-state index contributed by atoms with van der Waals surface area (Å²) >= 11 is 0. The highest BCUT2D eigenvalue weighted by molar-refractivity contribution is 5.81. The summed E-state index contributed by atoms with van der Waals surface area (Å²) in [5.74, 6) is 0.586.